The summed E-state index contributed by atoms with van der Waals surface area (Å²) in [5.41, 5.74) is 0. The molecule has 0 radical (unpaired) electrons. The summed E-state index contributed by atoms with van der Waals surface area (Å²) in [4.78, 5) is 0. The molecule has 0 aromatic carbocycles. The van der Waals surface area contributed by atoms with E-state index in [0.717, 1.165) is 38.5 Å². The molecule has 0 spiro atoms. The van der Waals surface area contributed by atoms with Crippen LogP contribution < -0.4 is 5.14 Å². The van der Waals surface area contributed by atoms with Crippen LogP contribution >= 0.6 is 0 Å². The van der Waals surface area contributed by atoms with Gasteiger partial charge in [-0.05, 0) is 12.8 Å². The van der Waals surface area contributed by atoms with Gasteiger partial charge in [-0.15, -0.1) is 0 Å². The Balaban J connectivity index is 2.46. The molecule has 0 amide bonds. The van der Waals surface area contributed by atoms with E-state index in [1.54, 1.807) is 0 Å². The van der Waals surface area contributed by atoms with Crippen LogP contribution in [-0.2, 0) is 10.0 Å². The topological polar surface area (TPSA) is 60.2 Å². The second kappa shape index (κ2) is 6.48. The highest BCUT2D eigenvalue weighted by atomic mass is 32.2. The summed E-state index contributed by atoms with van der Waals surface area (Å²) in [5.74, 6) is 0. The average Bonchev–Trinajstić information content (AvgIpc) is 2.20. The number of rotatable bonds is 1. The minimum atomic E-state index is -3.31. The third-order valence-corrected chi connectivity index (χ3v) is 4.67. The van der Waals surface area contributed by atoms with Crippen LogP contribution in [0, 0.1) is 0 Å². The lowest BCUT2D eigenvalue weighted by molar-refractivity contribution is 0.536. The van der Waals surface area contributed by atoms with E-state index >= 15 is 0 Å². The van der Waals surface area contributed by atoms with Crippen molar-refractivity contribution >= 4 is 10.0 Å². The van der Waals surface area contributed by atoms with E-state index in [1.807, 2.05) is 0 Å². The van der Waals surface area contributed by atoms with E-state index in [-0.39, 0.29) is 5.25 Å². The van der Waals surface area contributed by atoms with Gasteiger partial charge in [0.1, 0.15) is 0 Å². The summed E-state index contributed by atoms with van der Waals surface area (Å²) < 4.78 is 22.6. The second-order valence-electron chi connectivity index (χ2n) is 4.62. The number of nitrogens with two attached hydrogens (primary N) is 1. The monoisotopic (exact) mass is 233 g/mol. The first-order valence-electron chi connectivity index (χ1n) is 6.12. The lowest BCUT2D eigenvalue weighted by Crippen LogP contribution is -2.28. The van der Waals surface area contributed by atoms with Crippen LogP contribution in [0.1, 0.15) is 64.2 Å². The predicted molar refractivity (Wildman–Crippen MR) is 63.1 cm³/mol. The lowest BCUT2D eigenvalue weighted by Gasteiger charge is -2.13. The quantitative estimate of drug-likeness (QED) is 0.756. The summed E-state index contributed by atoms with van der Waals surface area (Å²) >= 11 is 0. The third kappa shape index (κ3) is 5.52. The fraction of sp³-hybridized carbons (Fsp3) is 1.00. The Morgan fingerprint density at radius 3 is 1.40 bits per heavy atom. The zero-order chi connectivity index (χ0) is 11.1. The molecule has 0 aromatic rings. The smallest absolute Gasteiger partial charge is 0.211 e. The Labute approximate surface area is 93.5 Å². The van der Waals surface area contributed by atoms with Crippen molar-refractivity contribution in [3.63, 3.8) is 0 Å². The third-order valence-electron chi connectivity index (χ3n) is 3.27. The Hall–Kier alpha value is -0.0900. The van der Waals surface area contributed by atoms with Gasteiger partial charge in [0.05, 0.1) is 5.25 Å². The van der Waals surface area contributed by atoms with Crippen molar-refractivity contribution in [2.75, 3.05) is 0 Å². The molecule has 0 unspecified atom stereocenters. The van der Waals surface area contributed by atoms with Gasteiger partial charge < -0.3 is 0 Å². The molecule has 1 rings (SSSR count). The first kappa shape index (κ1) is 13.0. The van der Waals surface area contributed by atoms with Crippen molar-refractivity contribution in [3.8, 4) is 0 Å². The summed E-state index contributed by atoms with van der Waals surface area (Å²) in [5, 5.41) is 4.95. The van der Waals surface area contributed by atoms with E-state index in [4.69, 9.17) is 5.14 Å². The number of hydrogen-bond acceptors (Lipinski definition) is 2. The van der Waals surface area contributed by atoms with Gasteiger partial charge in [-0.3, -0.25) is 0 Å². The Morgan fingerprint density at radius 2 is 1.07 bits per heavy atom. The van der Waals surface area contributed by atoms with Gasteiger partial charge in [0.2, 0.25) is 10.0 Å². The molecule has 1 fully saturated rings. The molecule has 0 saturated heterocycles. The van der Waals surface area contributed by atoms with Gasteiger partial charge in [0.25, 0.3) is 0 Å². The van der Waals surface area contributed by atoms with Crippen molar-refractivity contribution < 1.29 is 8.42 Å². The fourth-order valence-electron chi connectivity index (χ4n) is 2.28. The lowest BCUT2D eigenvalue weighted by atomic mass is 10.1. The van der Waals surface area contributed by atoms with Crippen LogP contribution in [0.15, 0.2) is 0 Å². The zero-order valence-electron chi connectivity index (χ0n) is 9.45. The Bertz CT molecular complexity index is 250. The highest BCUT2D eigenvalue weighted by Crippen LogP contribution is 2.20. The summed E-state index contributed by atoms with van der Waals surface area (Å²) in [6.07, 6.45) is 11.0. The van der Waals surface area contributed by atoms with Gasteiger partial charge >= 0.3 is 0 Å². The molecule has 1 aliphatic rings. The first-order chi connectivity index (χ1) is 7.11. The molecule has 1 aliphatic carbocycles. The predicted octanol–water partition coefficient (Wildman–Crippen LogP) is 2.56. The van der Waals surface area contributed by atoms with E-state index in [2.05, 4.69) is 0 Å². The van der Waals surface area contributed by atoms with Crippen LogP contribution in [0.4, 0.5) is 0 Å². The molecule has 4 heteroatoms. The molecule has 15 heavy (non-hydrogen) atoms. The second-order valence-corrected chi connectivity index (χ2v) is 6.46. The molecule has 3 nitrogen and oxygen atoms in total. The number of sulfonamides is 1. The van der Waals surface area contributed by atoms with Crippen LogP contribution in [0.3, 0.4) is 0 Å². The molecule has 90 valence electrons. The highest BCUT2D eigenvalue weighted by Gasteiger charge is 2.20. The SMILES string of the molecule is NS(=O)(=O)C1CCCCCCCCCC1. The molecule has 1 saturated carbocycles. The number of hydrogen-bond donors (Lipinski definition) is 1. The molecule has 0 aliphatic heterocycles. The van der Waals surface area contributed by atoms with Gasteiger partial charge in [0, 0.05) is 0 Å². The van der Waals surface area contributed by atoms with Gasteiger partial charge in [0.15, 0.2) is 0 Å². The van der Waals surface area contributed by atoms with Crippen LogP contribution in [0.25, 0.3) is 0 Å². The van der Waals surface area contributed by atoms with Crippen molar-refractivity contribution in [1.82, 2.24) is 0 Å². The van der Waals surface area contributed by atoms with Crippen LogP contribution in [0.5, 0.6) is 0 Å². The summed E-state index contributed by atoms with van der Waals surface area (Å²) in [6, 6.07) is 0. The maximum atomic E-state index is 11.3. The summed E-state index contributed by atoms with van der Waals surface area (Å²) in [7, 11) is -3.31. The molecular weight excluding hydrogens is 210 g/mol. The molecule has 0 heterocycles. The molecule has 0 atom stereocenters. The fourth-order valence-corrected chi connectivity index (χ4v) is 3.27. The standard InChI is InChI=1S/C11H23NO2S/c12-15(13,14)11-9-7-5-3-1-2-4-6-8-10-11/h11H,1-10H2,(H2,12,13,14). The van der Waals surface area contributed by atoms with Crippen molar-refractivity contribution in [1.29, 1.82) is 0 Å². The van der Waals surface area contributed by atoms with E-state index < -0.39 is 10.0 Å². The zero-order valence-corrected chi connectivity index (χ0v) is 10.3. The Kier molecular flexibility index (Phi) is 5.61. The Morgan fingerprint density at radius 1 is 0.733 bits per heavy atom. The maximum absolute atomic E-state index is 11.3. The maximum Gasteiger partial charge on any atom is 0.211 e. The van der Waals surface area contributed by atoms with E-state index in [0.29, 0.717) is 0 Å². The van der Waals surface area contributed by atoms with Gasteiger partial charge in [-0.1, -0.05) is 51.4 Å². The molecule has 0 aromatic heterocycles. The molecular formula is C11H23NO2S. The average molecular weight is 233 g/mol. The number of primary sulfonamides is 1. The van der Waals surface area contributed by atoms with E-state index in [1.165, 1.54) is 25.7 Å². The van der Waals surface area contributed by atoms with Crippen LogP contribution in [-0.4, -0.2) is 13.7 Å². The minimum absolute atomic E-state index is 0.282. The molecule has 0 bridgehead atoms. The van der Waals surface area contributed by atoms with Crippen LogP contribution in [0.2, 0.25) is 0 Å². The van der Waals surface area contributed by atoms with Gasteiger partial charge in [-0.2, -0.15) is 0 Å². The van der Waals surface area contributed by atoms with Gasteiger partial charge in [-0.25, -0.2) is 13.6 Å². The van der Waals surface area contributed by atoms with Crippen molar-refractivity contribution in [2.45, 2.75) is 69.5 Å². The largest absolute Gasteiger partial charge is 0.228 e. The van der Waals surface area contributed by atoms with E-state index in [9.17, 15) is 8.42 Å². The van der Waals surface area contributed by atoms with Crippen molar-refractivity contribution in [3.05, 3.63) is 0 Å². The minimum Gasteiger partial charge on any atom is -0.228 e. The normalized spacial score (nSPS) is 23.3. The summed E-state index contributed by atoms with van der Waals surface area (Å²) in [6.45, 7) is 0. The van der Waals surface area contributed by atoms with Crippen molar-refractivity contribution in [2.24, 2.45) is 5.14 Å². The molecule has 2 N–H and O–H groups in total. The highest BCUT2D eigenvalue weighted by molar-refractivity contribution is 7.89. The first-order valence-corrected chi connectivity index (χ1v) is 7.73.